The van der Waals surface area contributed by atoms with Gasteiger partial charge in [0, 0.05) is 7.05 Å². The minimum Gasteiger partial charge on any atom is -0.451 e. The van der Waals surface area contributed by atoms with Gasteiger partial charge in [-0.15, -0.1) is 0 Å². The van der Waals surface area contributed by atoms with Crippen LogP contribution < -0.4 is 11.2 Å². The van der Waals surface area contributed by atoms with Crippen molar-refractivity contribution in [1.29, 1.82) is 0 Å². The number of hydrogen-bond acceptors (Lipinski definition) is 5. The third-order valence-corrected chi connectivity index (χ3v) is 4.78. The molecule has 1 amide bonds. The summed E-state index contributed by atoms with van der Waals surface area (Å²) >= 11 is 0. The zero-order valence-corrected chi connectivity index (χ0v) is 13.9. The van der Waals surface area contributed by atoms with Crippen LogP contribution in [0, 0.1) is 12.7 Å². The molecule has 128 valence electrons. The van der Waals surface area contributed by atoms with Crippen LogP contribution in [0.4, 0.5) is 9.18 Å². The van der Waals surface area contributed by atoms with E-state index in [0.29, 0.717) is 16.3 Å². The maximum atomic E-state index is 14.2. The molecular formula is C14H14FN3O5S. The Labute approximate surface area is 136 Å². The molecule has 24 heavy (non-hydrogen) atoms. The van der Waals surface area contributed by atoms with Crippen molar-refractivity contribution in [3.63, 3.8) is 0 Å². The van der Waals surface area contributed by atoms with E-state index in [4.69, 9.17) is 0 Å². The van der Waals surface area contributed by atoms with E-state index in [9.17, 15) is 22.4 Å². The maximum absolute atomic E-state index is 14.2. The summed E-state index contributed by atoms with van der Waals surface area (Å²) < 4.78 is 44.4. The van der Waals surface area contributed by atoms with Crippen molar-refractivity contribution < 1.29 is 22.3 Å². The first-order valence-corrected chi connectivity index (χ1v) is 8.05. The van der Waals surface area contributed by atoms with Crippen LogP contribution in [0.15, 0.2) is 45.1 Å². The van der Waals surface area contributed by atoms with Gasteiger partial charge in [0.1, 0.15) is 0 Å². The van der Waals surface area contributed by atoms with E-state index in [1.807, 2.05) is 0 Å². The Bertz CT molecular complexity index is 1040. The molecule has 0 atom stereocenters. The van der Waals surface area contributed by atoms with Gasteiger partial charge in [0.15, 0.2) is 11.3 Å². The lowest BCUT2D eigenvalue weighted by molar-refractivity contribution is 0.181. The van der Waals surface area contributed by atoms with Gasteiger partial charge in [-0.2, -0.15) is 8.96 Å². The zero-order chi connectivity index (χ0) is 18.1. The number of carbonyl (C=O) groups excluding carboxylic acids is 1. The molecule has 0 unspecified atom stereocenters. The van der Waals surface area contributed by atoms with Crippen LogP contribution in [-0.2, 0) is 21.8 Å². The fourth-order valence-corrected chi connectivity index (χ4v) is 3.31. The third-order valence-electron chi connectivity index (χ3n) is 3.16. The molecule has 0 aliphatic heterocycles. The van der Waals surface area contributed by atoms with Gasteiger partial charge in [-0.1, -0.05) is 12.1 Å². The van der Waals surface area contributed by atoms with Crippen molar-refractivity contribution in [3.8, 4) is 0 Å². The molecule has 0 aliphatic rings. The van der Waals surface area contributed by atoms with Crippen molar-refractivity contribution in [2.24, 2.45) is 12.0 Å². The first-order chi connectivity index (χ1) is 11.2. The average molecular weight is 355 g/mol. The molecule has 2 rings (SSSR count). The summed E-state index contributed by atoms with van der Waals surface area (Å²) in [6.07, 6.45) is -0.648. The molecule has 0 saturated carbocycles. The second-order valence-corrected chi connectivity index (χ2v) is 6.66. The van der Waals surface area contributed by atoms with E-state index in [-0.39, 0.29) is 8.87 Å². The highest BCUT2D eigenvalue weighted by atomic mass is 32.2. The van der Waals surface area contributed by atoms with Crippen molar-refractivity contribution in [2.75, 3.05) is 7.11 Å². The number of halogens is 1. The Morgan fingerprint density at radius 3 is 2.58 bits per heavy atom. The largest absolute Gasteiger partial charge is 0.451 e. The molecule has 1 aromatic carbocycles. The summed E-state index contributed by atoms with van der Waals surface area (Å²) in [6.45, 7) is 1.68. The number of rotatable bonds is 2. The van der Waals surface area contributed by atoms with E-state index in [1.54, 1.807) is 13.0 Å². The van der Waals surface area contributed by atoms with E-state index in [2.05, 4.69) is 9.73 Å². The van der Waals surface area contributed by atoms with Crippen LogP contribution in [0.25, 0.3) is 0 Å². The standard InChI is InChI=1S/C14H14FN3O5S/c1-9-5-4-6-10(7-9)24(21,22)18-8-11(15)12(16-13(19)23-3)17(2)14(18)20/h4-8H,1-3H3. The fraction of sp³-hybridized carbons (Fsp3) is 0.214. The molecule has 0 aliphatic carbocycles. The van der Waals surface area contributed by atoms with Gasteiger partial charge < -0.3 is 4.74 Å². The molecule has 0 fully saturated rings. The van der Waals surface area contributed by atoms with Crippen LogP contribution in [0.3, 0.4) is 0 Å². The highest BCUT2D eigenvalue weighted by Crippen LogP contribution is 2.13. The van der Waals surface area contributed by atoms with Gasteiger partial charge in [0.2, 0.25) is 0 Å². The minimum atomic E-state index is -4.30. The molecule has 0 bridgehead atoms. The number of aryl methyl sites for hydroxylation is 1. The topological polar surface area (TPSA) is 99.7 Å². The Morgan fingerprint density at radius 2 is 2.00 bits per heavy atom. The van der Waals surface area contributed by atoms with Gasteiger partial charge >= 0.3 is 11.8 Å². The summed E-state index contributed by atoms with van der Waals surface area (Å²) in [7, 11) is -2.17. The number of ether oxygens (including phenoxy) is 1. The average Bonchev–Trinajstić information content (AvgIpc) is 2.54. The van der Waals surface area contributed by atoms with E-state index >= 15 is 0 Å². The van der Waals surface area contributed by atoms with E-state index < -0.39 is 33.1 Å². The number of methoxy groups -OCH3 is 1. The molecule has 2 aromatic rings. The third kappa shape index (κ3) is 3.13. The highest BCUT2D eigenvalue weighted by Gasteiger charge is 2.21. The van der Waals surface area contributed by atoms with Crippen LogP contribution in [0.2, 0.25) is 0 Å². The molecule has 0 spiro atoms. The zero-order valence-electron chi connectivity index (χ0n) is 13.1. The smallest absolute Gasteiger partial charge is 0.435 e. The van der Waals surface area contributed by atoms with Gasteiger partial charge in [-0.25, -0.2) is 22.4 Å². The predicted octanol–water partition coefficient (Wildman–Crippen LogP) is 0.538. The molecule has 1 aromatic heterocycles. The Morgan fingerprint density at radius 1 is 1.33 bits per heavy atom. The van der Waals surface area contributed by atoms with Crippen LogP contribution >= 0.6 is 0 Å². The molecule has 8 nitrogen and oxygen atoms in total. The molecular weight excluding hydrogens is 341 g/mol. The van der Waals surface area contributed by atoms with Crippen molar-refractivity contribution in [2.45, 2.75) is 11.8 Å². The van der Waals surface area contributed by atoms with Gasteiger partial charge in [0.25, 0.3) is 10.0 Å². The second kappa shape index (κ2) is 6.40. The SMILES string of the molecule is COC(=O)N=c1c(F)cn(S(=O)(=O)c2cccc(C)c2)c(=O)n1C. The second-order valence-electron chi connectivity index (χ2n) is 4.84. The molecule has 0 N–H and O–H groups in total. The number of nitrogens with zero attached hydrogens (tertiary/aromatic N) is 3. The summed E-state index contributed by atoms with van der Waals surface area (Å²) in [5.41, 5.74) is -1.06. The lowest BCUT2D eigenvalue weighted by Gasteiger charge is -2.10. The van der Waals surface area contributed by atoms with Crippen LogP contribution in [-0.4, -0.2) is 30.2 Å². The molecule has 1 heterocycles. The van der Waals surface area contributed by atoms with E-state index in [0.717, 1.165) is 14.2 Å². The lowest BCUT2D eigenvalue weighted by atomic mass is 10.2. The number of amides is 1. The van der Waals surface area contributed by atoms with Crippen LogP contribution in [0.1, 0.15) is 5.56 Å². The van der Waals surface area contributed by atoms with Gasteiger partial charge in [-0.3, -0.25) is 4.57 Å². The minimum absolute atomic E-state index is 0.165. The number of aromatic nitrogens is 2. The number of carbonyl (C=O) groups is 1. The Hall–Kier alpha value is -2.75. The Kier molecular flexibility index (Phi) is 4.69. The monoisotopic (exact) mass is 355 g/mol. The van der Waals surface area contributed by atoms with Crippen molar-refractivity contribution in [1.82, 2.24) is 8.54 Å². The first-order valence-electron chi connectivity index (χ1n) is 6.61. The summed E-state index contributed by atoms with van der Waals surface area (Å²) in [5, 5.41) is 0. The Balaban J connectivity index is 2.77. The summed E-state index contributed by atoms with van der Waals surface area (Å²) in [5.74, 6) is -1.17. The maximum Gasteiger partial charge on any atom is 0.435 e. The molecule has 0 radical (unpaired) electrons. The molecule has 10 heteroatoms. The lowest BCUT2D eigenvalue weighted by Crippen LogP contribution is -2.42. The number of hydrogen-bond donors (Lipinski definition) is 0. The van der Waals surface area contributed by atoms with E-state index in [1.165, 1.54) is 18.2 Å². The quantitative estimate of drug-likeness (QED) is 0.783. The predicted molar refractivity (Wildman–Crippen MR) is 81.4 cm³/mol. The van der Waals surface area contributed by atoms with Crippen LogP contribution in [0.5, 0.6) is 0 Å². The number of benzene rings is 1. The summed E-state index contributed by atoms with van der Waals surface area (Å²) in [6, 6.07) is 5.83. The fourth-order valence-electron chi connectivity index (χ4n) is 1.94. The van der Waals surface area contributed by atoms with Crippen molar-refractivity contribution >= 4 is 16.1 Å². The first kappa shape index (κ1) is 17.6. The van der Waals surface area contributed by atoms with Gasteiger partial charge in [-0.05, 0) is 24.6 Å². The van der Waals surface area contributed by atoms with Gasteiger partial charge in [0.05, 0.1) is 18.2 Å². The van der Waals surface area contributed by atoms with Crippen molar-refractivity contribution in [3.05, 3.63) is 57.8 Å². The summed E-state index contributed by atoms with van der Waals surface area (Å²) in [4.78, 5) is 26.5. The normalized spacial score (nSPS) is 12.2. The molecule has 0 saturated heterocycles. The highest BCUT2D eigenvalue weighted by molar-refractivity contribution is 7.90.